The van der Waals surface area contributed by atoms with E-state index in [0.717, 1.165) is 0 Å². The first-order valence-corrected chi connectivity index (χ1v) is 10.5. The second-order valence-corrected chi connectivity index (χ2v) is 8.31. The van der Waals surface area contributed by atoms with Crippen LogP contribution in [0.15, 0.2) is 45.6 Å². The summed E-state index contributed by atoms with van der Waals surface area (Å²) in [5.41, 5.74) is 0.0407. The third-order valence-electron chi connectivity index (χ3n) is 4.53. The summed E-state index contributed by atoms with van der Waals surface area (Å²) in [5.74, 6) is -0.643. The van der Waals surface area contributed by atoms with Crippen molar-refractivity contribution in [1.82, 2.24) is 4.90 Å². The molecular weight excluding hydrogens is 452 g/mol. The molecule has 0 saturated carbocycles. The van der Waals surface area contributed by atoms with E-state index in [2.05, 4.69) is 0 Å². The third-order valence-corrected chi connectivity index (χ3v) is 5.03. The first-order valence-electron chi connectivity index (χ1n) is 8.99. The quantitative estimate of drug-likeness (QED) is 0.430. The zero-order chi connectivity index (χ0) is 22.9. The van der Waals surface area contributed by atoms with Crippen molar-refractivity contribution < 1.29 is 26.8 Å². The SMILES string of the molecule is Cc1c(Cc2cccc(NS(N)(=O)=O)c2F)c(=O)oc2cc(OC(=O)N(C)C)ccc12.[NaH]. The number of halogens is 1. The van der Waals surface area contributed by atoms with Gasteiger partial charge in [-0.2, -0.15) is 8.42 Å². The van der Waals surface area contributed by atoms with Crippen LogP contribution in [0.1, 0.15) is 16.7 Å². The molecule has 9 nitrogen and oxygen atoms in total. The summed E-state index contributed by atoms with van der Waals surface area (Å²) in [5, 5.41) is 5.49. The Balaban J connectivity index is 0.00000363. The van der Waals surface area contributed by atoms with Crippen LogP contribution >= 0.6 is 0 Å². The van der Waals surface area contributed by atoms with Gasteiger partial charge in [-0.25, -0.2) is 19.1 Å². The fourth-order valence-corrected chi connectivity index (χ4v) is 3.44. The number of rotatable bonds is 5. The Bertz CT molecular complexity index is 1340. The summed E-state index contributed by atoms with van der Waals surface area (Å²) in [4.78, 5) is 25.6. The number of carbonyl (C=O) groups excluding carboxylic acids is 1. The zero-order valence-corrected chi connectivity index (χ0v) is 17.7. The number of ether oxygens (including phenoxy) is 1. The van der Waals surface area contributed by atoms with Crippen molar-refractivity contribution in [2.24, 2.45) is 5.14 Å². The van der Waals surface area contributed by atoms with Crippen molar-refractivity contribution >= 4 is 62.5 Å². The van der Waals surface area contributed by atoms with Gasteiger partial charge in [0.25, 0.3) is 10.2 Å². The van der Waals surface area contributed by atoms with E-state index in [1.54, 1.807) is 19.1 Å². The number of fused-ring (bicyclic) bond motifs is 1. The van der Waals surface area contributed by atoms with Gasteiger partial charge in [0.15, 0.2) is 5.82 Å². The predicted molar refractivity (Wildman–Crippen MR) is 120 cm³/mol. The standard InChI is InChI=1S/C20H20FN3O6S.Na.H/c1-11-14-8-7-13(29-20(26)24(2)3)10-17(14)30-19(25)15(11)9-12-5-4-6-16(18(12)21)23-31(22,27)28;;/h4-8,10,23H,9H2,1-3H3,(H2,22,27,28);;. The van der Waals surface area contributed by atoms with Crippen LogP contribution in [0.3, 0.4) is 0 Å². The Kier molecular flexibility index (Phi) is 8.07. The first kappa shape index (κ1) is 25.8. The normalized spacial score (nSPS) is 11.0. The number of carbonyl (C=O) groups is 1. The molecule has 0 aliphatic carbocycles. The Labute approximate surface area is 205 Å². The van der Waals surface area contributed by atoms with Gasteiger partial charge in [0.2, 0.25) is 0 Å². The molecule has 0 aliphatic heterocycles. The number of anilines is 1. The molecule has 32 heavy (non-hydrogen) atoms. The minimum absolute atomic E-state index is 0. The van der Waals surface area contributed by atoms with Crippen LogP contribution in [0.4, 0.5) is 14.9 Å². The topological polar surface area (TPSA) is 132 Å². The number of benzene rings is 2. The van der Waals surface area contributed by atoms with Gasteiger partial charge in [-0.15, -0.1) is 0 Å². The number of nitrogens with zero attached hydrogens (tertiary/aromatic N) is 1. The molecule has 12 heteroatoms. The average Bonchev–Trinajstić information content (AvgIpc) is 2.66. The Hall–Kier alpha value is -2.44. The summed E-state index contributed by atoms with van der Waals surface area (Å²) in [6, 6.07) is 8.69. The van der Waals surface area contributed by atoms with Gasteiger partial charge in [0.05, 0.1) is 5.69 Å². The van der Waals surface area contributed by atoms with Crippen molar-refractivity contribution in [3.05, 3.63) is 69.3 Å². The van der Waals surface area contributed by atoms with E-state index in [-0.39, 0.29) is 64.1 Å². The maximum atomic E-state index is 14.7. The molecule has 0 fully saturated rings. The van der Waals surface area contributed by atoms with Crippen molar-refractivity contribution in [1.29, 1.82) is 0 Å². The summed E-state index contributed by atoms with van der Waals surface area (Å²) in [6.45, 7) is 1.68. The van der Waals surface area contributed by atoms with Crippen LogP contribution in [-0.4, -0.2) is 63.1 Å². The van der Waals surface area contributed by atoms with Gasteiger partial charge in [-0.1, -0.05) is 12.1 Å². The Morgan fingerprint density at radius 2 is 1.94 bits per heavy atom. The molecule has 0 radical (unpaired) electrons. The molecule has 0 spiro atoms. The molecule has 2 aromatic carbocycles. The molecule has 1 amide bonds. The van der Waals surface area contributed by atoms with Crippen LogP contribution in [0, 0.1) is 12.7 Å². The molecular formula is C20H21FN3NaO6S. The van der Waals surface area contributed by atoms with Gasteiger partial charge in [0.1, 0.15) is 11.3 Å². The molecule has 3 N–H and O–H groups in total. The second kappa shape index (κ2) is 10.0. The van der Waals surface area contributed by atoms with E-state index >= 15 is 0 Å². The molecule has 1 aromatic heterocycles. The van der Waals surface area contributed by atoms with Crippen molar-refractivity contribution in [2.75, 3.05) is 18.8 Å². The summed E-state index contributed by atoms with van der Waals surface area (Å²) in [7, 11) is -1.09. The van der Waals surface area contributed by atoms with Crippen LogP contribution < -0.4 is 20.2 Å². The Morgan fingerprint density at radius 3 is 2.56 bits per heavy atom. The number of aryl methyl sites for hydroxylation is 1. The van der Waals surface area contributed by atoms with E-state index in [4.69, 9.17) is 14.3 Å². The van der Waals surface area contributed by atoms with Crippen LogP contribution in [0.25, 0.3) is 11.0 Å². The van der Waals surface area contributed by atoms with E-state index in [9.17, 15) is 22.4 Å². The fourth-order valence-electron chi connectivity index (χ4n) is 2.97. The third kappa shape index (κ3) is 5.87. The van der Waals surface area contributed by atoms with Crippen molar-refractivity contribution in [2.45, 2.75) is 13.3 Å². The average molecular weight is 473 g/mol. The first-order chi connectivity index (χ1) is 14.5. The van der Waals surface area contributed by atoms with Gasteiger partial charge < -0.3 is 14.1 Å². The van der Waals surface area contributed by atoms with Crippen LogP contribution in [0.5, 0.6) is 5.75 Å². The summed E-state index contributed by atoms with van der Waals surface area (Å²) in [6.07, 6.45) is -0.716. The molecule has 0 aliphatic rings. The fraction of sp³-hybridized carbons (Fsp3) is 0.200. The van der Waals surface area contributed by atoms with Crippen molar-refractivity contribution in [3.8, 4) is 5.75 Å². The van der Waals surface area contributed by atoms with E-state index < -0.39 is 27.7 Å². The molecule has 0 saturated heterocycles. The zero-order valence-electron chi connectivity index (χ0n) is 16.9. The molecule has 166 valence electrons. The number of nitrogens with two attached hydrogens (primary N) is 1. The van der Waals surface area contributed by atoms with E-state index in [1.807, 2.05) is 4.72 Å². The monoisotopic (exact) mass is 473 g/mol. The number of hydrogen-bond acceptors (Lipinski definition) is 6. The molecule has 0 unspecified atom stereocenters. The van der Waals surface area contributed by atoms with E-state index in [0.29, 0.717) is 10.9 Å². The van der Waals surface area contributed by atoms with Gasteiger partial charge >= 0.3 is 41.3 Å². The summed E-state index contributed by atoms with van der Waals surface area (Å²) < 4.78 is 49.6. The summed E-state index contributed by atoms with van der Waals surface area (Å²) >= 11 is 0. The molecule has 0 bridgehead atoms. The van der Waals surface area contributed by atoms with Crippen LogP contribution in [0.2, 0.25) is 0 Å². The molecule has 0 atom stereocenters. The molecule has 3 aromatic rings. The second-order valence-electron chi connectivity index (χ2n) is 7.02. The number of nitrogens with one attached hydrogen (secondary N) is 1. The van der Waals surface area contributed by atoms with E-state index in [1.165, 1.54) is 43.3 Å². The Morgan fingerprint density at radius 1 is 1.25 bits per heavy atom. The molecule has 1 heterocycles. The predicted octanol–water partition coefficient (Wildman–Crippen LogP) is 1.86. The molecule has 3 rings (SSSR count). The van der Waals surface area contributed by atoms with Gasteiger partial charge in [0, 0.05) is 37.5 Å². The van der Waals surface area contributed by atoms with Crippen LogP contribution in [-0.2, 0) is 16.6 Å². The minimum atomic E-state index is -4.16. The van der Waals surface area contributed by atoms with Crippen molar-refractivity contribution in [3.63, 3.8) is 0 Å². The number of hydrogen-bond donors (Lipinski definition) is 2. The maximum absolute atomic E-state index is 14.7. The van der Waals surface area contributed by atoms with Gasteiger partial charge in [-0.3, -0.25) is 4.72 Å². The van der Waals surface area contributed by atoms with Gasteiger partial charge in [-0.05, 0) is 36.2 Å². The number of amides is 1.